The summed E-state index contributed by atoms with van der Waals surface area (Å²) in [6.45, 7) is 1.16. The lowest BCUT2D eigenvalue weighted by molar-refractivity contribution is -0.115. The number of nitrogen functional groups attached to an aromatic ring is 1. The zero-order valence-corrected chi connectivity index (χ0v) is 16.0. The van der Waals surface area contributed by atoms with Crippen molar-refractivity contribution in [2.75, 3.05) is 5.73 Å². The van der Waals surface area contributed by atoms with Gasteiger partial charge in [0, 0.05) is 6.20 Å². The summed E-state index contributed by atoms with van der Waals surface area (Å²) >= 11 is 0. The van der Waals surface area contributed by atoms with Gasteiger partial charge in [0.1, 0.15) is 41.7 Å². The Labute approximate surface area is 172 Å². The van der Waals surface area contributed by atoms with Gasteiger partial charge in [-0.15, -0.1) is 0 Å². The summed E-state index contributed by atoms with van der Waals surface area (Å²) in [5.74, 6) is -3.16. The molecule has 1 aromatic carbocycles. The second-order valence-electron chi connectivity index (χ2n) is 7.49. The van der Waals surface area contributed by atoms with Crippen LogP contribution in [-0.2, 0) is 4.74 Å². The van der Waals surface area contributed by atoms with Crippen LogP contribution in [0, 0.1) is 11.6 Å². The molecule has 3 heterocycles. The van der Waals surface area contributed by atoms with Gasteiger partial charge < -0.3 is 30.4 Å². The molecular formula is C19H18F4N4O4. The molecule has 1 aliphatic heterocycles. The fourth-order valence-electron chi connectivity index (χ4n) is 3.76. The van der Waals surface area contributed by atoms with Crippen molar-refractivity contribution in [3.8, 4) is 0 Å². The zero-order chi connectivity index (χ0) is 22.7. The maximum atomic E-state index is 13.8. The minimum atomic E-state index is -3.33. The molecule has 5 N–H and O–H groups in total. The zero-order valence-electron chi connectivity index (χ0n) is 16.0. The molecule has 0 bridgehead atoms. The van der Waals surface area contributed by atoms with Crippen molar-refractivity contribution in [1.29, 1.82) is 0 Å². The first-order chi connectivity index (χ1) is 14.5. The molecule has 1 saturated heterocycles. The summed E-state index contributed by atoms with van der Waals surface area (Å²) in [5, 5.41) is 32.7. The van der Waals surface area contributed by atoms with Crippen LogP contribution < -0.4 is 5.73 Å². The third-order valence-corrected chi connectivity index (χ3v) is 5.49. The number of hydrogen-bond donors (Lipinski definition) is 4. The lowest BCUT2D eigenvalue weighted by Gasteiger charge is -2.30. The summed E-state index contributed by atoms with van der Waals surface area (Å²) < 4.78 is 60.6. The average Bonchev–Trinajstić information content (AvgIpc) is 3.23. The second-order valence-corrected chi connectivity index (χ2v) is 7.49. The highest BCUT2D eigenvalue weighted by Crippen LogP contribution is 2.44. The maximum absolute atomic E-state index is 13.8. The largest absolute Gasteiger partial charge is 0.386 e. The number of anilines is 1. The highest BCUT2D eigenvalue weighted by molar-refractivity contribution is 5.86. The number of rotatable bonds is 4. The number of ether oxygens (including phenoxy) is 1. The van der Waals surface area contributed by atoms with Gasteiger partial charge in [-0.25, -0.2) is 27.5 Å². The first-order valence-electron chi connectivity index (χ1n) is 9.12. The van der Waals surface area contributed by atoms with Gasteiger partial charge in [0.05, 0.1) is 10.9 Å². The van der Waals surface area contributed by atoms with Crippen molar-refractivity contribution in [3.05, 3.63) is 53.5 Å². The second kappa shape index (κ2) is 7.41. The SMILES string of the molecule is C[C@@]1(O)[C@@H]([C@H](O)c2cc(F)c(F)c(C(F)F)c2)O[C@@H](n2ccc3c(N)ncnc32)[C@@H]1O. The van der Waals surface area contributed by atoms with Gasteiger partial charge in [-0.2, -0.15) is 0 Å². The highest BCUT2D eigenvalue weighted by atomic mass is 19.3. The van der Waals surface area contributed by atoms with Crippen molar-refractivity contribution in [1.82, 2.24) is 14.5 Å². The molecule has 0 unspecified atom stereocenters. The Balaban J connectivity index is 1.72. The van der Waals surface area contributed by atoms with Crippen LogP contribution in [0.5, 0.6) is 0 Å². The molecule has 8 nitrogen and oxygen atoms in total. The molecule has 12 heteroatoms. The predicted molar refractivity (Wildman–Crippen MR) is 98.8 cm³/mol. The quantitative estimate of drug-likeness (QED) is 0.455. The summed E-state index contributed by atoms with van der Waals surface area (Å²) in [7, 11) is 0. The number of fused-ring (bicyclic) bond motifs is 1. The molecule has 5 atom stereocenters. The van der Waals surface area contributed by atoms with Gasteiger partial charge in [0.15, 0.2) is 17.9 Å². The Hall–Kier alpha value is -2.80. The number of nitrogens with zero attached hydrogens (tertiary/aromatic N) is 3. The van der Waals surface area contributed by atoms with Crippen LogP contribution in [0.25, 0.3) is 11.0 Å². The van der Waals surface area contributed by atoms with Crippen LogP contribution in [0.4, 0.5) is 23.4 Å². The van der Waals surface area contributed by atoms with Crippen LogP contribution >= 0.6 is 0 Å². The molecular weight excluding hydrogens is 424 g/mol. The molecule has 0 aliphatic carbocycles. The predicted octanol–water partition coefficient (Wildman–Crippen LogP) is 1.97. The minimum Gasteiger partial charge on any atom is -0.386 e. The van der Waals surface area contributed by atoms with E-state index in [1.165, 1.54) is 17.1 Å². The molecule has 3 aromatic rings. The van der Waals surface area contributed by atoms with E-state index >= 15 is 0 Å². The monoisotopic (exact) mass is 442 g/mol. The van der Waals surface area contributed by atoms with E-state index in [2.05, 4.69) is 9.97 Å². The summed E-state index contributed by atoms with van der Waals surface area (Å²) in [6.07, 6.45) is -7.00. The van der Waals surface area contributed by atoms with Crippen molar-refractivity contribution in [2.45, 2.75) is 43.5 Å². The molecule has 166 valence electrons. The molecule has 0 spiro atoms. The summed E-state index contributed by atoms with van der Waals surface area (Å²) in [4.78, 5) is 7.92. The van der Waals surface area contributed by atoms with Crippen LogP contribution in [0.1, 0.15) is 36.8 Å². The van der Waals surface area contributed by atoms with E-state index in [4.69, 9.17) is 10.5 Å². The number of hydrogen-bond acceptors (Lipinski definition) is 7. The summed E-state index contributed by atoms with van der Waals surface area (Å²) in [6, 6.07) is 2.68. The smallest absolute Gasteiger partial charge is 0.266 e. The third kappa shape index (κ3) is 3.31. The fraction of sp³-hybridized carbons (Fsp3) is 0.368. The lowest BCUT2D eigenvalue weighted by atomic mass is 9.88. The molecule has 1 aliphatic rings. The van der Waals surface area contributed by atoms with Gasteiger partial charge in [0.2, 0.25) is 0 Å². The van der Waals surface area contributed by atoms with E-state index in [1.807, 2.05) is 0 Å². The Morgan fingerprint density at radius 3 is 2.65 bits per heavy atom. The van der Waals surface area contributed by atoms with Gasteiger partial charge in [-0.05, 0) is 30.7 Å². The number of aromatic nitrogens is 3. The van der Waals surface area contributed by atoms with E-state index in [0.717, 1.165) is 6.92 Å². The Kier molecular flexibility index (Phi) is 5.12. The van der Waals surface area contributed by atoms with E-state index < -0.39 is 59.3 Å². The highest BCUT2D eigenvalue weighted by Gasteiger charge is 2.56. The van der Waals surface area contributed by atoms with E-state index in [0.29, 0.717) is 17.5 Å². The number of alkyl halides is 2. The molecule has 4 rings (SSSR count). The average molecular weight is 442 g/mol. The van der Waals surface area contributed by atoms with Crippen molar-refractivity contribution >= 4 is 16.9 Å². The topological polar surface area (TPSA) is 127 Å². The van der Waals surface area contributed by atoms with Gasteiger partial charge in [-0.3, -0.25) is 0 Å². The molecule has 0 radical (unpaired) electrons. The van der Waals surface area contributed by atoms with Crippen molar-refractivity contribution in [3.63, 3.8) is 0 Å². The molecule has 0 amide bonds. The van der Waals surface area contributed by atoms with Crippen LogP contribution in [0.3, 0.4) is 0 Å². The number of nitrogens with two attached hydrogens (primary N) is 1. The number of aliphatic hydroxyl groups excluding tert-OH is 2. The summed E-state index contributed by atoms with van der Waals surface area (Å²) in [5.41, 5.74) is 2.27. The van der Waals surface area contributed by atoms with Gasteiger partial charge >= 0.3 is 0 Å². The van der Waals surface area contributed by atoms with Gasteiger partial charge in [-0.1, -0.05) is 0 Å². The minimum absolute atomic E-state index is 0.167. The number of halogens is 4. The third-order valence-electron chi connectivity index (χ3n) is 5.49. The molecule has 31 heavy (non-hydrogen) atoms. The lowest BCUT2D eigenvalue weighted by Crippen LogP contribution is -2.47. The molecule has 0 saturated carbocycles. The van der Waals surface area contributed by atoms with E-state index in [-0.39, 0.29) is 11.5 Å². The Morgan fingerprint density at radius 1 is 1.26 bits per heavy atom. The molecule has 1 fully saturated rings. The van der Waals surface area contributed by atoms with Gasteiger partial charge in [0.25, 0.3) is 6.43 Å². The first-order valence-corrected chi connectivity index (χ1v) is 9.12. The maximum Gasteiger partial charge on any atom is 0.266 e. The van der Waals surface area contributed by atoms with Crippen molar-refractivity contribution < 1.29 is 37.6 Å². The Bertz CT molecular complexity index is 1140. The van der Waals surface area contributed by atoms with Crippen LogP contribution in [-0.4, -0.2) is 47.7 Å². The standard InChI is InChI=1S/C19H18F4N4O4/c1-19(30)13(29)18(27-3-2-8-16(24)25-6-26-17(8)27)31-14(19)12(28)7-4-9(15(22)23)11(21)10(20)5-7/h2-6,12-15,18,28-30H,1H3,(H2,24,25,26)/t12-,13+,14-,18-,19+/m1/s1. The molecule has 2 aromatic heterocycles. The van der Waals surface area contributed by atoms with Crippen LogP contribution in [0.15, 0.2) is 30.7 Å². The normalized spacial score (nSPS) is 27.3. The Morgan fingerprint density at radius 2 is 1.97 bits per heavy atom. The number of benzene rings is 1. The fourth-order valence-corrected chi connectivity index (χ4v) is 3.76. The van der Waals surface area contributed by atoms with Crippen LogP contribution in [0.2, 0.25) is 0 Å². The number of aliphatic hydroxyl groups is 3. The first kappa shape index (κ1) is 21.4. The van der Waals surface area contributed by atoms with E-state index in [9.17, 15) is 32.9 Å². The van der Waals surface area contributed by atoms with Crippen molar-refractivity contribution in [2.24, 2.45) is 0 Å². The van der Waals surface area contributed by atoms with E-state index in [1.54, 1.807) is 6.07 Å².